The molecule has 3 aromatic rings. The predicted octanol–water partition coefficient (Wildman–Crippen LogP) is 4.03. The summed E-state index contributed by atoms with van der Waals surface area (Å²) in [4.78, 5) is 10.3. The molecule has 20 heavy (non-hydrogen) atoms. The van der Waals surface area contributed by atoms with E-state index in [0.717, 1.165) is 28.0 Å². The molecule has 0 spiro atoms. The number of para-hydroxylation sites is 1. The summed E-state index contributed by atoms with van der Waals surface area (Å²) in [6.07, 6.45) is 3.83. The maximum atomic E-state index is 4.59. The quantitative estimate of drug-likeness (QED) is 0.785. The number of fused-ring (bicyclic) bond motifs is 1. The molecular weight excluding hydrogens is 266 g/mol. The Kier molecular flexibility index (Phi) is 3.76. The summed E-state index contributed by atoms with van der Waals surface area (Å²) in [6.45, 7) is 5.26. The molecule has 3 nitrogen and oxygen atoms in total. The van der Waals surface area contributed by atoms with Gasteiger partial charge in [-0.25, -0.2) is 4.98 Å². The van der Waals surface area contributed by atoms with Crippen LogP contribution >= 0.6 is 11.3 Å². The van der Waals surface area contributed by atoms with E-state index in [1.807, 2.05) is 36.7 Å². The third-order valence-electron chi connectivity index (χ3n) is 3.34. The topological polar surface area (TPSA) is 37.8 Å². The first-order chi connectivity index (χ1) is 9.79. The van der Waals surface area contributed by atoms with Crippen LogP contribution < -0.4 is 5.32 Å². The lowest BCUT2D eigenvalue weighted by Gasteiger charge is -2.08. The van der Waals surface area contributed by atoms with Crippen LogP contribution in [0.4, 0.5) is 0 Å². The van der Waals surface area contributed by atoms with Gasteiger partial charge < -0.3 is 5.32 Å². The number of pyridine rings is 1. The summed E-state index contributed by atoms with van der Waals surface area (Å²) >= 11 is 1.75. The molecule has 3 rings (SSSR count). The molecule has 2 aromatic heterocycles. The zero-order valence-electron chi connectivity index (χ0n) is 11.6. The minimum Gasteiger partial charge on any atom is -0.310 e. The van der Waals surface area contributed by atoms with Crippen molar-refractivity contribution in [1.82, 2.24) is 15.3 Å². The van der Waals surface area contributed by atoms with E-state index in [1.165, 1.54) is 4.88 Å². The molecule has 0 aliphatic carbocycles. The van der Waals surface area contributed by atoms with Crippen molar-refractivity contribution in [3.8, 4) is 10.6 Å². The van der Waals surface area contributed by atoms with Gasteiger partial charge in [-0.2, -0.15) is 0 Å². The molecule has 1 aromatic carbocycles. The average Bonchev–Trinajstić information content (AvgIpc) is 2.97. The van der Waals surface area contributed by atoms with Gasteiger partial charge in [0, 0.05) is 34.3 Å². The van der Waals surface area contributed by atoms with Crippen molar-refractivity contribution in [3.63, 3.8) is 0 Å². The molecular formula is C16H17N3S. The Morgan fingerprint density at radius 1 is 1.20 bits per heavy atom. The van der Waals surface area contributed by atoms with Crippen molar-refractivity contribution in [1.29, 1.82) is 0 Å². The Hall–Kier alpha value is -1.78. The van der Waals surface area contributed by atoms with Crippen LogP contribution in [-0.2, 0) is 0 Å². The van der Waals surface area contributed by atoms with Crippen LogP contribution in [0.3, 0.4) is 0 Å². The van der Waals surface area contributed by atoms with E-state index in [4.69, 9.17) is 0 Å². The standard InChI is InChI=1S/C16H17N3S/c1-3-17-11(2)15-10-19-16(20-15)13-8-9-18-14-7-5-4-6-12(13)14/h4-11,17H,3H2,1-2H3. The van der Waals surface area contributed by atoms with Crippen molar-refractivity contribution < 1.29 is 0 Å². The minimum atomic E-state index is 0.347. The highest BCUT2D eigenvalue weighted by Crippen LogP contribution is 2.32. The van der Waals surface area contributed by atoms with Gasteiger partial charge >= 0.3 is 0 Å². The second kappa shape index (κ2) is 5.69. The largest absolute Gasteiger partial charge is 0.310 e. The molecule has 0 bridgehead atoms. The molecule has 0 fully saturated rings. The molecule has 2 heterocycles. The number of nitrogens with zero attached hydrogens (tertiary/aromatic N) is 2. The van der Waals surface area contributed by atoms with E-state index in [1.54, 1.807) is 11.3 Å². The van der Waals surface area contributed by atoms with Gasteiger partial charge in [-0.05, 0) is 25.6 Å². The van der Waals surface area contributed by atoms with Crippen LogP contribution in [0.15, 0.2) is 42.7 Å². The first-order valence-electron chi connectivity index (χ1n) is 6.83. The third kappa shape index (κ3) is 2.44. The maximum Gasteiger partial charge on any atom is 0.124 e. The highest BCUT2D eigenvalue weighted by Gasteiger charge is 2.12. The molecule has 0 saturated carbocycles. The van der Waals surface area contributed by atoms with Gasteiger partial charge in [-0.1, -0.05) is 25.1 Å². The molecule has 0 radical (unpaired) electrons. The van der Waals surface area contributed by atoms with Crippen molar-refractivity contribution in [3.05, 3.63) is 47.6 Å². The first-order valence-corrected chi connectivity index (χ1v) is 7.64. The number of rotatable bonds is 4. The lowest BCUT2D eigenvalue weighted by Crippen LogP contribution is -2.16. The van der Waals surface area contributed by atoms with Gasteiger partial charge in [-0.15, -0.1) is 11.3 Å². The number of hydrogen-bond acceptors (Lipinski definition) is 4. The summed E-state index contributed by atoms with van der Waals surface area (Å²) < 4.78 is 0. The average molecular weight is 283 g/mol. The fourth-order valence-electron chi connectivity index (χ4n) is 2.30. The molecule has 0 amide bonds. The second-order valence-electron chi connectivity index (χ2n) is 4.72. The summed E-state index contributed by atoms with van der Waals surface area (Å²) in [5, 5.41) is 5.64. The van der Waals surface area contributed by atoms with E-state index in [-0.39, 0.29) is 0 Å². The van der Waals surface area contributed by atoms with Crippen molar-refractivity contribution in [2.75, 3.05) is 6.54 Å². The molecule has 0 aliphatic rings. The van der Waals surface area contributed by atoms with Crippen LogP contribution in [0.25, 0.3) is 21.5 Å². The Morgan fingerprint density at radius 2 is 2.05 bits per heavy atom. The van der Waals surface area contributed by atoms with Crippen molar-refractivity contribution in [2.45, 2.75) is 19.9 Å². The lowest BCUT2D eigenvalue weighted by molar-refractivity contribution is 0.606. The number of hydrogen-bond donors (Lipinski definition) is 1. The summed E-state index contributed by atoms with van der Waals surface area (Å²) in [6, 6.07) is 10.6. The van der Waals surface area contributed by atoms with Crippen molar-refractivity contribution >= 4 is 22.2 Å². The number of nitrogens with one attached hydrogen (secondary N) is 1. The number of thiazole rings is 1. The smallest absolute Gasteiger partial charge is 0.124 e. The third-order valence-corrected chi connectivity index (χ3v) is 4.55. The van der Waals surface area contributed by atoms with Crippen LogP contribution in [0.1, 0.15) is 24.8 Å². The van der Waals surface area contributed by atoms with Gasteiger partial charge in [-0.3, -0.25) is 4.98 Å². The van der Waals surface area contributed by atoms with Crippen LogP contribution in [0.2, 0.25) is 0 Å². The Balaban J connectivity index is 2.03. The van der Waals surface area contributed by atoms with Crippen LogP contribution in [-0.4, -0.2) is 16.5 Å². The van der Waals surface area contributed by atoms with Gasteiger partial charge in [0.05, 0.1) is 5.52 Å². The molecule has 1 unspecified atom stereocenters. The Morgan fingerprint density at radius 3 is 2.90 bits per heavy atom. The molecule has 4 heteroatoms. The normalized spacial score (nSPS) is 12.7. The van der Waals surface area contributed by atoms with E-state index >= 15 is 0 Å². The molecule has 0 saturated heterocycles. The Labute approximate surface area is 122 Å². The first kappa shape index (κ1) is 13.2. The maximum absolute atomic E-state index is 4.59. The molecule has 1 atom stereocenters. The van der Waals surface area contributed by atoms with Gasteiger partial charge in [0.1, 0.15) is 5.01 Å². The minimum absolute atomic E-state index is 0.347. The SMILES string of the molecule is CCNC(C)c1cnc(-c2ccnc3ccccc23)s1. The fourth-order valence-corrected chi connectivity index (χ4v) is 3.28. The van der Waals surface area contributed by atoms with Crippen LogP contribution in [0, 0.1) is 0 Å². The molecule has 0 aliphatic heterocycles. The lowest BCUT2D eigenvalue weighted by atomic mass is 10.1. The van der Waals surface area contributed by atoms with E-state index < -0.39 is 0 Å². The number of aromatic nitrogens is 2. The van der Waals surface area contributed by atoms with Gasteiger partial charge in [0.25, 0.3) is 0 Å². The van der Waals surface area contributed by atoms with Crippen LogP contribution in [0.5, 0.6) is 0 Å². The van der Waals surface area contributed by atoms with E-state index in [2.05, 4.69) is 35.2 Å². The fraction of sp³-hybridized carbons (Fsp3) is 0.250. The zero-order valence-corrected chi connectivity index (χ0v) is 12.4. The molecule has 1 N–H and O–H groups in total. The molecule has 102 valence electrons. The predicted molar refractivity (Wildman–Crippen MR) is 84.9 cm³/mol. The highest BCUT2D eigenvalue weighted by molar-refractivity contribution is 7.15. The summed E-state index contributed by atoms with van der Waals surface area (Å²) in [5.74, 6) is 0. The van der Waals surface area contributed by atoms with Gasteiger partial charge in [0.2, 0.25) is 0 Å². The zero-order chi connectivity index (χ0) is 13.9. The summed E-state index contributed by atoms with van der Waals surface area (Å²) in [5.41, 5.74) is 2.18. The monoisotopic (exact) mass is 283 g/mol. The number of benzene rings is 1. The Bertz CT molecular complexity index is 715. The van der Waals surface area contributed by atoms with E-state index in [0.29, 0.717) is 6.04 Å². The van der Waals surface area contributed by atoms with Gasteiger partial charge in [0.15, 0.2) is 0 Å². The highest BCUT2D eigenvalue weighted by atomic mass is 32.1. The van der Waals surface area contributed by atoms with Crippen molar-refractivity contribution in [2.24, 2.45) is 0 Å². The second-order valence-corrected chi connectivity index (χ2v) is 5.79. The van der Waals surface area contributed by atoms with E-state index in [9.17, 15) is 0 Å². The summed E-state index contributed by atoms with van der Waals surface area (Å²) in [7, 11) is 0.